The molecule has 2 unspecified atom stereocenters. The van der Waals surface area contributed by atoms with E-state index in [-0.39, 0.29) is 12.2 Å². The molecule has 124 valence electrons. The van der Waals surface area contributed by atoms with Crippen LogP contribution in [0.25, 0.3) is 0 Å². The van der Waals surface area contributed by atoms with Gasteiger partial charge in [-0.3, -0.25) is 0 Å². The van der Waals surface area contributed by atoms with E-state index in [0.29, 0.717) is 5.92 Å². The predicted molar refractivity (Wildman–Crippen MR) is 86.4 cm³/mol. The van der Waals surface area contributed by atoms with Crippen molar-refractivity contribution in [2.75, 3.05) is 0 Å². The van der Waals surface area contributed by atoms with E-state index >= 15 is 0 Å². The minimum absolute atomic E-state index is 0.0297. The van der Waals surface area contributed by atoms with Crippen molar-refractivity contribution in [1.82, 2.24) is 0 Å². The Labute approximate surface area is 130 Å². The highest BCUT2D eigenvalue weighted by Gasteiger charge is 2.23. The molecule has 1 saturated carbocycles. The molecule has 2 atom stereocenters. The van der Waals surface area contributed by atoms with Gasteiger partial charge in [-0.25, -0.2) is 4.79 Å². The monoisotopic (exact) mass is 298 g/mol. The van der Waals surface area contributed by atoms with Crippen molar-refractivity contribution in [1.29, 1.82) is 0 Å². The van der Waals surface area contributed by atoms with E-state index in [1.54, 1.807) is 0 Å². The maximum absolute atomic E-state index is 11.9. The minimum Gasteiger partial charge on any atom is -0.431 e. The molecule has 0 saturated heterocycles. The molecule has 0 spiro atoms. The molecule has 0 bridgehead atoms. The molecule has 1 aliphatic carbocycles. The quantitative estimate of drug-likeness (QED) is 0.395. The first-order valence-electron chi connectivity index (χ1n) is 9.04. The fourth-order valence-electron chi connectivity index (χ4n) is 3.24. The summed E-state index contributed by atoms with van der Waals surface area (Å²) in [5.41, 5.74) is 0. The third kappa shape index (κ3) is 7.73. The molecule has 0 heterocycles. The molecule has 21 heavy (non-hydrogen) atoms. The Morgan fingerprint density at radius 1 is 1.05 bits per heavy atom. The molecule has 0 amide bonds. The Kier molecular flexibility index (Phi) is 9.53. The van der Waals surface area contributed by atoms with Gasteiger partial charge < -0.3 is 9.47 Å². The molecule has 0 N–H and O–H groups in total. The second-order valence-electron chi connectivity index (χ2n) is 6.50. The summed E-state index contributed by atoms with van der Waals surface area (Å²) in [6.45, 7) is 6.44. The van der Waals surface area contributed by atoms with Crippen LogP contribution in [0.15, 0.2) is 0 Å². The highest BCUT2D eigenvalue weighted by molar-refractivity contribution is 5.60. The summed E-state index contributed by atoms with van der Waals surface area (Å²) in [6, 6.07) is 0. The summed E-state index contributed by atoms with van der Waals surface area (Å²) in [7, 11) is 0. The Bertz CT molecular complexity index is 272. The average molecular weight is 298 g/mol. The number of ether oxygens (including phenoxy) is 2. The maximum Gasteiger partial charge on any atom is 0.508 e. The first kappa shape index (κ1) is 18.3. The Hall–Kier alpha value is -0.730. The van der Waals surface area contributed by atoms with Crippen LogP contribution < -0.4 is 0 Å². The molecule has 0 aliphatic heterocycles. The fourth-order valence-corrected chi connectivity index (χ4v) is 3.24. The number of hydrogen-bond acceptors (Lipinski definition) is 3. The van der Waals surface area contributed by atoms with E-state index in [1.165, 1.54) is 38.5 Å². The second-order valence-corrected chi connectivity index (χ2v) is 6.50. The average Bonchev–Trinajstić information content (AvgIpc) is 2.47. The minimum atomic E-state index is -0.453. The van der Waals surface area contributed by atoms with Gasteiger partial charge in [-0.15, -0.1) is 0 Å². The molecule has 3 heteroatoms. The van der Waals surface area contributed by atoms with Crippen LogP contribution in [0.5, 0.6) is 0 Å². The van der Waals surface area contributed by atoms with Crippen molar-refractivity contribution in [3.63, 3.8) is 0 Å². The lowest BCUT2D eigenvalue weighted by atomic mass is 9.92. The standard InChI is InChI=1S/C18H34O3/c1-4-6-8-12-16(11-5-2)15(3)20-18(19)21-17-13-9-7-10-14-17/h15-17H,4-14H2,1-3H3. The van der Waals surface area contributed by atoms with Crippen LogP contribution in [0, 0.1) is 5.92 Å². The zero-order chi connectivity index (χ0) is 15.5. The Morgan fingerprint density at radius 3 is 2.38 bits per heavy atom. The largest absolute Gasteiger partial charge is 0.508 e. The molecule has 0 aromatic heterocycles. The molecule has 1 fully saturated rings. The van der Waals surface area contributed by atoms with Crippen molar-refractivity contribution >= 4 is 6.16 Å². The summed E-state index contributed by atoms with van der Waals surface area (Å²) in [5.74, 6) is 0.473. The van der Waals surface area contributed by atoms with Crippen LogP contribution in [-0.2, 0) is 9.47 Å². The van der Waals surface area contributed by atoms with Gasteiger partial charge in [0, 0.05) is 0 Å². The van der Waals surface area contributed by atoms with Gasteiger partial charge in [0.2, 0.25) is 0 Å². The smallest absolute Gasteiger partial charge is 0.431 e. The van der Waals surface area contributed by atoms with Gasteiger partial charge in [0.1, 0.15) is 12.2 Å². The van der Waals surface area contributed by atoms with E-state index < -0.39 is 6.16 Å². The first-order valence-corrected chi connectivity index (χ1v) is 9.04. The lowest BCUT2D eigenvalue weighted by molar-refractivity contribution is -0.0227. The van der Waals surface area contributed by atoms with E-state index in [4.69, 9.17) is 9.47 Å². The van der Waals surface area contributed by atoms with Crippen molar-refractivity contribution in [3.8, 4) is 0 Å². The highest BCUT2D eigenvalue weighted by atomic mass is 16.7. The highest BCUT2D eigenvalue weighted by Crippen LogP contribution is 2.24. The number of carbonyl (C=O) groups excluding carboxylic acids is 1. The molecule has 1 rings (SSSR count). The van der Waals surface area contributed by atoms with Crippen LogP contribution in [-0.4, -0.2) is 18.4 Å². The third-order valence-electron chi connectivity index (χ3n) is 4.60. The van der Waals surface area contributed by atoms with Gasteiger partial charge in [0.05, 0.1) is 0 Å². The fraction of sp³-hybridized carbons (Fsp3) is 0.944. The Balaban J connectivity index is 2.32. The molecule has 0 aromatic rings. The van der Waals surface area contributed by atoms with E-state index in [9.17, 15) is 4.79 Å². The molecule has 0 radical (unpaired) electrons. The van der Waals surface area contributed by atoms with E-state index in [0.717, 1.165) is 32.1 Å². The summed E-state index contributed by atoms with van der Waals surface area (Å²) < 4.78 is 11.0. The number of carbonyl (C=O) groups is 1. The zero-order valence-corrected chi connectivity index (χ0v) is 14.2. The van der Waals surface area contributed by atoms with Crippen LogP contribution >= 0.6 is 0 Å². The number of unbranched alkanes of at least 4 members (excludes halogenated alkanes) is 2. The van der Waals surface area contributed by atoms with Crippen LogP contribution in [0.4, 0.5) is 4.79 Å². The van der Waals surface area contributed by atoms with Crippen molar-refractivity contribution in [2.24, 2.45) is 5.92 Å². The summed E-state index contributed by atoms with van der Waals surface area (Å²) >= 11 is 0. The summed E-state index contributed by atoms with van der Waals surface area (Å²) in [4.78, 5) is 11.9. The van der Waals surface area contributed by atoms with Crippen LogP contribution in [0.3, 0.4) is 0 Å². The van der Waals surface area contributed by atoms with E-state index in [1.807, 2.05) is 6.92 Å². The number of rotatable bonds is 9. The Morgan fingerprint density at radius 2 is 1.76 bits per heavy atom. The van der Waals surface area contributed by atoms with E-state index in [2.05, 4.69) is 13.8 Å². The lowest BCUT2D eigenvalue weighted by Crippen LogP contribution is -2.28. The van der Waals surface area contributed by atoms with Crippen molar-refractivity contribution in [3.05, 3.63) is 0 Å². The van der Waals surface area contributed by atoms with Gasteiger partial charge in [-0.1, -0.05) is 46.0 Å². The van der Waals surface area contributed by atoms with Crippen LogP contribution in [0.2, 0.25) is 0 Å². The maximum atomic E-state index is 11.9. The summed E-state index contributed by atoms with van der Waals surface area (Å²) in [6.07, 6.45) is 12.4. The van der Waals surface area contributed by atoms with Crippen molar-refractivity contribution in [2.45, 2.75) is 104 Å². The number of hydrogen-bond donors (Lipinski definition) is 0. The normalized spacial score (nSPS) is 19.0. The zero-order valence-electron chi connectivity index (χ0n) is 14.2. The molecular weight excluding hydrogens is 264 g/mol. The first-order chi connectivity index (χ1) is 10.2. The van der Waals surface area contributed by atoms with Gasteiger partial charge in [-0.2, -0.15) is 0 Å². The van der Waals surface area contributed by atoms with Gasteiger partial charge in [0.25, 0.3) is 0 Å². The third-order valence-corrected chi connectivity index (χ3v) is 4.60. The molecule has 0 aromatic carbocycles. The topological polar surface area (TPSA) is 35.5 Å². The van der Waals surface area contributed by atoms with Gasteiger partial charge in [-0.05, 0) is 51.4 Å². The van der Waals surface area contributed by atoms with Gasteiger partial charge >= 0.3 is 6.16 Å². The summed E-state index contributed by atoms with van der Waals surface area (Å²) in [5, 5.41) is 0. The molecule has 3 nitrogen and oxygen atoms in total. The predicted octanol–water partition coefficient (Wildman–Crippen LogP) is 5.86. The molecule has 1 aliphatic rings. The lowest BCUT2D eigenvalue weighted by Gasteiger charge is -2.26. The molecular formula is C18H34O3. The van der Waals surface area contributed by atoms with Gasteiger partial charge in [0.15, 0.2) is 0 Å². The van der Waals surface area contributed by atoms with Crippen LogP contribution in [0.1, 0.15) is 91.4 Å². The second kappa shape index (κ2) is 10.9. The van der Waals surface area contributed by atoms with Crippen molar-refractivity contribution < 1.29 is 14.3 Å². The SMILES string of the molecule is CCCCCC(CCC)C(C)OC(=O)OC1CCCCC1.